The maximum absolute atomic E-state index is 4.81. The summed E-state index contributed by atoms with van der Waals surface area (Å²) in [6.07, 6.45) is 0. The van der Waals surface area contributed by atoms with Gasteiger partial charge in [0.05, 0.1) is 11.0 Å². The SMILES string of the molecule is CCSc1ccc(-c2c3ccccc3nc3ccccc23)cc1. The van der Waals surface area contributed by atoms with Gasteiger partial charge in [-0.15, -0.1) is 11.8 Å². The quantitative estimate of drug-likeness (QED) is 0.331. The molecule has 0 spiro atoms. The number of thioether (sulfide) groups is 1. The first-order valence-corrected chi connectivity index (χ1v) is 8.86. The summed E-state index contributed by atoms with van der Waals surface area (Å²) < 4.78 is 0. The van der Waals surface area contributed by atoms with Gasteiger partial charge in [0.2, 0.25) is 0 Å². The largest absolute Gasteiger partial charge is 0.248 e. The Bertz CT molecular complexity index is 920. The normalized spacial score (nSPS) is 11.2. The Kier molecular flexibility index (Phi) is 3.76. The fourth-order valence-corrected chi connectivity index (χ4v) is 3.70. The predicted molar refractivity (Wildman–Crippen MR) is 101 cm³/mol. The van der Waals surface area contributed by atoms with Crippen molar-refractivity contribution in [2.24, 2.45) is 0 Å². The lowest BCUT2D eigenvalue weighted by molar-refractivity contribution is 1.43. The number of nitrogens with zero attached hydrogens (tertiary/aromatic N) is 1. The smallest absolute Gasteiger partial charge is 0.0715 e. The van der Waals surface area contributed by atoms with Gasteiger partial charge < -0.3 is 0 Å². The fourth-order valence-electron chi connectivity index (χ4n) is 3.04. The Balaban J connectivity index is 2.02. The Morgan fingerprint density at radius 1 is 0.739 bits per heavy atom. The molecule has 23 heavy (non-hydrogen) atoms. The van der Waals surface area contributed by atoms with Crippen LogP contribution in [0.2, 0.25) is 0 Å². The lowest BCUT2D eigenvalue weighted by Gasteiger charge is -2.11. The Morgan fingerprint density at radius 3 is 1.87 bits per heavy atom. The molecule has 0 radical (unpaired) electrons. The predicted octanol–water partition coefficient (Wildman–Crippen LogP) is 6.17. The van der Waals surface area contributed by atoms with E-state index in [1.807, 2.05) is 11.8 Å². The molecule has 0 amide bonds. The Hall–Kier alpha value is -2.32. The highest BCUT2D eigenvalue weighted by Crippen LogP contribution is 2.35. The van der Waals surface area contributed by atoms with Gasteiger partial charge in [-0.05, 0) is 35.6 Å². The van der Waals surface area contributed by atoms with Crippen LogP contribution in [-0.2, 0) is 0 Å². The summed E-state index contributed by atoms with van der Waals surface area (Å²) in [6, 6.07) is 25.7. The second-order valence-electron chi connectivity index (χ2n) is 5.48. The number of rotatable bonds is 3. The van der Waals surface area contributed by atoms with E-state index >= 15 is 0 Å². The van der Waals surface area contributed by atoms with Crippen LogP contribution in [0.1, 0.15) is 6.92 Å². The van der Waals surface area contributed by atoms with Crippen LogP contribution in [0.3, 0.4) is 0 Å². The third-order valence-corrected chi connectivity index (χ3v) is 4.94. The number of hydrogen-bond acceptors (Lipinski definition) is 2. The summed E-state index contributed by atoms with van der Waals surface area (Å²) >= 11 is 1.87. The molecule has 1 aromatic heterocycles. The van der Waals surface area contributed by atoms with E-state index in [4.69, 9.17) is 4.98 Å². The van der Waals surface area contributed by atoms with Crippen molar-refractivity contribution in [1.82, 2.24) is 4.98 Å². The molecule has 0 saturated carbocycles. The van der Waals surface area contributed by atoms with Crippen molar-refractivity contribution in [3.05, 3.63) is 72.8 Å². The second-order valence-corrected chi connectivity index (χ2v) is 6.82. The number of benzene rings is 3. The zero-order valence-electron chi connectivity index (χ0n) is 13.0. The summed E-state index contributed by atoms with van der Waals surface area (Å²) in [6.45, 7) is 2.18. The maximum atomic E-state index is 4.81. The third kappa shape index (κ3) is 2.60. The van der Waals surface area contributed by atoms with Gasteiger partial charge in [-0.25, -0.2) is 4.98 Å². The van der Waals surface area contributed by atoms with Gasteiger partial charge in [-0.2, -0.15) is 0 Å². The van der Waals surface area contributed by atoms with Crippen LogP contribution in [0.15, 0.2) is 77.7 Å². The average Bonchev–Trinajstić information content (AvgIpc) is 2.61. The second kappa shape index (κ2) is 6.05. The van der Waals surface area contributed by atoms with Crippen molar-refractivity contribution in [3.8, 4) is 11.1 Å². The van der Waals surface area contributed by atoms with Crippen molar-refractivity contribution in [2.75, 3.05) is 5.75 Å². The zero-order valence-corrected chi connectivity index (χ0v) is 13.8. The van der Waals surface area contributed by atoms with E-state index in [0.717, 1.165) is 16.8 Å². The number of aromatic nitrogens is 1. The van der Waals surface area contributed by atoms with E-state index in [2.05, 4.69) is 79.7 Å². The summed E-state index contributed by atoms with van der Waals surface area (Å²) in [7, 11) is 0. The van der Waals surface area contributed by atoms with Crippen molar-refractivity contribution in [2.45, 2.75) is 11.8 Å². The van der Waals surface area contributed by atoms with Crippen LogP contribution in [0, 0.1) is 0 Å². The minimum absolute atomic E-state index is 1.05. The van der Waals surface area contributed by atoms with Crippen LogP contribution < -0.4 is 0 Å². The average molecular weight is 315 g/mol. The van der Waals surface area contributed by atoms with Crippen LogP contribution in [0.25, 0.3) is 32.9 Å². The van der Waals surface area contributed by atoms with E-state index in [0.29, 0.717) is 0 Å². The van der Waals surface area contributed by atoms with Crippen LogP contribution in [0.4, 0.5) is 0 Å². The number of pyridine rings is 1. The fraction of sp³-hybridized carbons (Fsp3) is 0.0952. The highest BCUT2D eigenvalue weighted by Gasteiger charge is 2.10. The van der Waals surface area contributed by atoms with Gasteiger partial charge in [0.15, 0.2) is 0 Å². The first kappa shape index (κ1) is 14.3. The molecular formula is C21H17NS. The molecule has 2 heteroatoms. The third-order valence-electron chi connectivity index (χ3n) is 4.04. The lowest BCUT2D eigenvalue weighted by atomic mass is 9.96. The number of fused-ring (bicyclic) bond motifs is 2. The van der Waals surface area contributed by atoms with Crippen molar-refractivity contribution in [3.63, 3.8) is 0 Å². The van der Waals surface area contributed by atoms with Gasteiger partial charge in [0.1, 0.15) is 0 Å². The Labute approximate surface area is 140 Å². The molecule has 0 aliphatic rings. The molecule has 0 fully saturated rings. The molecule has 0 aliphatic heterocycles. The van der Waals surface area contributed by atoms with Gasteiger partial charge >= 0.3 is 0 Å². The van der Waals surface area contributed by atoms with Gasteiger partial charge in [-0.1, -0.05) is 55.5 Å². The molecule has 1 heterocycles. The summed E-state index contributed by atoms with van der Waals surface area (Å²) in [5.41, 5.74) is 4.63. The van der Waals surface area contributed by atoms with E-state index in [1.54, 1.807) is 0 Å². The summed E-state index contributed by atoms with van der Waals surface area (Å²) in [4.78, 5) is 6.13. The standard InChI is InChI=1S/C21H17NS/c1-2-23-16-13-11-15(12-14-16)21-17-7-3-5-9-19(17)22-20-10-6-4-8-18(20)21/h3-14H,2H2,1H3. The topological polar surface area (TPSA) is 12.9 Å². The molecule has 0 atom stereocenters. The van der Waals surface area contributed by atoms with Gasteiger partial charge in [0, 0.05) is 21.2 Å². The van der Waals surface area contributed by atoms with Gasteiger partial charge in [-0.3, -0.25) is 0 Å². The lowest BCUT2D eigenvalue weighted by Crippen LogP contribution is -1.88. The van der Waals surface area contributed by atoms with Crippen LogP contribution >= 0.6 is 11.8 Å². The maximum Gasteiger partial charge on any atom is 0.0715 e. The molecule has 0 saturated heterocycles. The summed E-state index contributed by atoms with van der Waals surface area (Å²) in [5, 5.41) is 2.42. The molecule has 3 aromatic carbocycles. The van der Waals surface area contributed by atoms with E-state index < -0.39 is 0 Å². The molecule has 0 bridgehead atoms. The van der Waals surface area contributed by atoms with Crippen LogP contribution in [-0.4, -0.2) is 10.7 Å². The first-order valence-electron chi connectivity index (χ1n) is 7.87. The highest BCUT2D eigenvalue weighted by molar-refractivity contribution is 7.99. The van der Waals surface area contributed by atoms with Gasteiger partial charge in [0.25, 0.3) is 0 Å². The number of hydrogen-bond donors (Lipinski definition) is 0. The monoisotopic (exact) mass is 315 g/mol. The van der Waals surface area contributed by atoms with E-state index in [1.165, 1.54) is 26.8 Å². The van der Waals surface area contributed by atoms with Crippen molar-refractivity contribution in [1.29, 1.82) is 0 Å². The molecule has 4 aromatic rings. The molecule has 1 nitrogen and oxygen atoms in total. The van der Waals surface area contributed by atoms with Crippen LogP contribution in [0.5, 0.6) is 0 Å². The van der Waals surface area contributed by atoms with E-state index in [-0.39, 0.29) is 0 Å². The minimum atomic E-state index is 1.05. The van der Waals surface area contributed by atoms with Crippen molar-refractivity contribution >= 4 is 33.6 Å². The molecule has 112 valence electrons. The minimum Gasteiger partial charge on any atom is -0.248 e. The first-order chi connectivity index (χ1) is 11.4. The molecule has 0 unspecified atom stereocenters. The zero-order chi connectivity index (χ0) is 15.6. The molecular weight excluding hydrogens is 298 g/mol. The molecule has 0 aliphatic carbocycles. The van der Waals surface area contributed by atoms with Crippen molar-refractivity contribution < 1.29 is 0 Å². The molecule has 0 N–H and O–H groups in total. The summed E-state index contributed by atoms with van der Waals surface area (Å²) in [5.74, 6) is 1.10. The van der Waals surface area contributed by atoms with E-state index in [9.17, 15) is 0 Å². The molecule has 4 rings (SSSR count). The Morgan fingerprint density at radius 2 is 1.30 bits per heavy atom. The highest BCUT2D eigenvalue weighted by atomic mass is 32.2. The number of para-hydroxylation sites is 2.